The molecule has 0 radical (unpaired) electrons. The molecule has 4 aliphatic rings. The summed E-state index contributed by atoms with van der Waals surface area (Å²) >= 11 is 24.1. The topological polar surface area (TPSA) is 236 Å². The summed E-state index contributed by atoms with van der Waals surface area (Å²) in [6.45, 7) is 13.2. The molecule has 18 nitrogen and oxygen atoms in total. The Morgan fingerprint density at radius 3 is 1.46 bits per heavy atom. The van der Waals surface area contributed by atoms with Crippen molar-refractivity contribution in [1.82, 2.24) is 30.0 Å². The lowest BCUT2D eigenvalue weighted by molar-refractivity contribution is -0.123. The number of rotatable bonds is 8. The van der Waals surface area contributed by atoms with Crippen molar-refractivity contribution in [2.75, 3.05) is 63.0 Å². The molecule has 0 bridgehead atoms. The fourth-order valence-corrected chi connectivity index (χ4v) is 8.25. The Hall–Kier alpha value is -4.87. The Balaban J connectivity index is 0.000000275. The van der Waals surface area contributed by atoms with Crippen molar-refractivity contribution < 1.29 is 50.6 Å². The summed E-state index contributed by atoms with van der Waals surface area (Å²) in [6, 6.07) is 4.53. The third kappa shape index (κ3) is 13.1. The number of carbonyl (C=O) groups is 5. The molecule has 0 aliphatic carbocycles. The van der Waals surface area contributed by atoms with Crippen molar-refractivity contribution >= 4 is 110 Å². The van der Waals surface area contributed by atoms with Crippen molar-refractivity contribution in [3.05, 3.63) is 95.5 Å². The number of sulfonamides is 1. The number of anilines is 2. The van der Waals surface area contributed by atoms with Gasteiger partial charge in [0.15, 0.2) is 11.6 Å². The number of pyridine rings is 2. The van der Waals surface area contributed by atoms with Gasteiger partial charge in [0.05, 0.1) is 27.0 Å². The van der Waals surface area contributed by atoms with Gasteiger partial charge in [-0.1, -0.05) is 87.9 Å². The van der Waals surface area contributed by atoms with E-state index in [0.29, 0.717) is 24.5 Å². The Morgan fingerprint density at radius 2 is 1.07 bits per heavy atom. The fourth-order valence-electron chi connectivity index (χ4n) is 7.04. The Labute approximate surface area is 422 Å². The molecule has 2 aromatic heterocycles. The van der Waals surface area contributed by atoms with E-state index in [1.807, 2.05) is 0 Å². The molecule has 26 heteroatoms. The molecule has 0 atom stereocenters. The maximum atomic E-state index is 14.5. The molecule has 4 aliphatic heterocycles. The van der Waals surface area contributed by atoms with Crippen LogP contribution in [0.1, 0.15) is 63.3 Å². The standard InChI is InChI=1S/C25H25Cl2F2N5O6S.C18H22Cl2N4O3.ClH/c1-25(2,3)23(36)32-16-6-15(26)21(27)31-17(16)11-40-24(37)34-9-12-7-33(8-13(12)10-34)22(35)14-4-5-18(41(30,38)39)20(29)19(14)28;1-18(2,3)16(25)23-13-4-12(19)15(20)22-14(13)9-27-17(26)24-7-10-5-21-6-11(10)8-24;/h4-6H,7-11H2,1-3H3,(H,32,36)(H2,30,38,39);4,21H,5-9H2,1-3H3,(H,23,25);1H. The van der Waals surface area contributed by atoms with E-state index in [0.717, 1.165) is 36.4 Å². The highest BCUT2D eigenvalue weighted by Gasteiger charge is 2.37. The van der Waals surface area contributed by atoms with E-state index in [9.17, 15) is 41.2 Å². The second-order valence-electron chi connectivity index (χ2n) is 18.2. The Morgan fingerprint density at radius 1 is 0.681 bits per heavy atom. The SMILES string of the molecule is CC(C)(C)C(=O)Nc1cc(Cl)c(Cl)nc1COC(=O)N1CC2=C(C1)CN(C(=O)c1ccc(S(N)(=O)=O)c(F)c1F)C2.CC(C)(C)C(=O)Nc1cc(Cl)c(Cl)nc1COC(=O)N1CC2=C(CNC2)C1.Cl. The maximum absolute atomic E-state index is 14.5. The van der Waals surface area contributed by atoms with Crippen LogP contribution in [0, 0.1) is 22.5 Å². The van der Waals surface area contributed by atoms with E-state index in [-0.39, 0.29) is 95.3 Å². The van der Waals surface area contributed by atoms with Crippen LogP contribution in [-0.4, -0.2) is 115 Å². The number of benzene rings is 1. The minimum absolute atomic E-state index is 0. The number of carbonyl (C=O) groups excluding carboxylic acids is 5. The lowest BCUT2D eigenvalue weighted by Gasteiger charge is -2.23. The summed E-state index contributed by atoms with van der Waals surface area (Å²) in [7, 11) is -4.52. The maximum Gasteiger partial charge on any atom is 0.410 e. The molecule has 0 unspecified atom stereocenters. The van der Waals surface area contributed by atoms with Crippen LogP contribution in [0.25, 0.3) is 0 Å². The largest absolute Gasteiger partial charge is 0.443 e. The number of amides is 5. The zero-order valence-electron chi connectivity index (χ0n) is 38.0. The van der Waals surface area contributed by atoms with E-state index >= 15 is 0 Å². The number of hydrogen-bond donors (Lipinski definition) is 4. The summed E-state index contributed by atoms with van der Waals surface area (Å²) in [5.41, 5.74) is 3.13. The zero-order valence-corrected chi connectivity index (χ0v) is 42.6. The predicted molar refractivity (Wildman–Crippen MR) is 256 cm³/mol. The third-order valence-corrected chi connectivity index (χ3v) is 13.2. The molecule has 1 aromatic carbocycles. The molecule has 374 valence electrons. The third-order valence-electron chi connectivity index (χ3n) is 10.9. The molecule has 5 N–H and O–H groups in total. The molecule has 0 fully saturated rings. The first-order chi connectivity index (χ1) is 31.6. The summed E-state index contributed by atoms with van der Waals surface area (Å²) in [4.78, 5) is 74.3. The van der Waals surface area contributed by atoms with Gasteiger partial charge in [0.25, 0.3) is 5.91 Å². The van der Waals surface area contributed by atoms with Crippen molar-refractivity contribution in [1.29, 1.82) is 0 Å². The van der Waals surface area contributed by atoms with Crippen LogP contribution in [-0.2, 0) is 42.3 Å². The fraction of sp³-hybridized carbons (Fsp3) is 0.419. The van der Waals surface area contributed by atoms with Crippen LogP contribution < -0.4 is 21.1 Å². The van der Waals surface area contributed by atoms with Crippen molar-refractivity contribution in [2.45, 2.75) is 59.7 Å². The smallest absolute Gasteiger partial charge is 0.410 e. The number of nitrogens with two attached hydrogens (primary N) is 1. The van der Waals surface area contributed by atoms with E-state index in [2.05, 4.69) is 25.9 Å². The van der Waals surface area contributed by atoms with Gasteiger partial charge in [-0.3, -0.25) is 14.4 Å². The van der Waals surface area contributed by atoms with E-state index in [1.165, 1.54) is 33.1 Å². The van der Waals surface area contributed by atoms with Crippen LogP contribution in [0.15, 0.2) is 51.5 Å². The van der Waals surface area contributed by atoms with Gasteiger partial charge >= 0.3 is 12.2 Å². The second-order valence-corrected chi connectivity index (χ2v) is 21.3. The molecule has 0 saturated carbocycles. The number of aromatic nitrogens is 2. The van der Waals surface area contributed by atoms with E-state index in [1.54, 1.807) is 46.4 Å². The minimum atomic E-state index is -4.52. The van der Waals surface area contributed by atoms with Crippen molar-refractivity contribution in [2.24, 2.45) is 16.0 Å². The van der Waals surface area contributed by atoms with Crippen LogP contribution in [0.5, 0.6) is 0 Å². The number of halogens is 7. The van der Waals surface area contributed by atoms with Gasteiger partial charge in [-0.25, -0.2) is 41.9 Å². The first-order valence-electron chi connectivity index (χ1n) is 20.7. The highest BCUT2D eigenvalue weighted by molar-refractivity contribution is 7.89. The normalized spacial score (nSPS) is 15.6. The molecule has 0 spiro atoms. The van der Waals surface area contributed by atoms with Gasteiger partial charge in [-0.05, 0) is 46.6 Å². The van der Waals surface area contributed by atoms with E-state index in [4.69, 9.17) is 61.0 Å². The van der Waals surface area contributed by atoms with Crippen LogP contribution in [0.2, 0.25) is 20.4 Å². The zero-order chi connectivity index (χ0) is 50.2. The second kappa shape index (κ2) is 21.6. The van der Waals surface area contributed by atoms with Gasteiger partial charge in [-0.2, -0.15) is 0 Å². The number of primary sulfonamides is 1. The average molecular weight is 1080 g/mol. The molecule has 3 aromatic rings. The highest BCUT2D eigenvalue weighted by atomic mass is 35.5. The molecule has 6 heterocycles. The van der Waals surface area contributed by atoms with Gasteiger partial charge in [0.1, 0.15) is 39.8 Å². The summed E-state index contributed by atoms with van der Waals surface area (Å²) in [6.07, 6.45) is -1.12. The Bertz CT molecular complexity index is 2750. The van der Waals surface area contributed by atoms with Crippen LogP contribution in [0.4, 0.5) is 29.7 Å². The minimum Gasteiger partial charge on any atom is -0.443 e. The van der Waals surface area contributed by atoms with Crippen LogP contribution >= 0.6 is 58.8 Å². The lowest BCUT2D eigenvalue weighted by atomic mass is 9.95. The monoisotopic (exact) mass is 1080 g/mol. The lowest BCUT2D eigenvalue weighted by Crippen LogP contribution is -2.37. The number of hydrogen-bond acceptors (Lipinski definition) is 12. The van der Waals surface area contributed by atoms with E-state index < -0.39 is 61.0 Å². The van der Waals surface area contributed by atoms with Crippen molar-refractivity contribution in [3.8, 4) is 0 Å². The quantitative estimate of drug-likeness (QED) is 0.128. The summed E-state index contributed by atoms with van der Waals surface area (Å²) in [5.74, 6) is -4.71. The molecule has 7 rings (SSSR count). The Kier molecular flexibility index (Phi) is 17.3. The average Bonchev–Trinajstić information content (AvgIpc) is 4.04. The predicted octanol–water partition coefficient (Wildman–Crippen LogP) is 7.35. The molecule has 69 heavy (non-hydrogen) atoms. The molecular weight excluding hydrogens is 1030 g/mol. The van der Waals surface area contributed by atoms with Gasteiger partial charge < -0.3 is 40.1 Å². The summed E-state index contributed by atoms with van der Waals surface area (Å²) < 4.78 is 62.4. The first kappa shape index (κ1) is 55.1. The van der Waals surface area contributed by atoms with Gasteiger partial charge in [-0.15, -0.1) is 12.4 Å². The number of nitrogens with one attached hydrogen (secondary N) is 3. The van der Waals surface area contributed by atoms with Crippen LogP contribution in [0.3, 0.4) is 0 Å². The summed E-state index contributed by atoms with van der Waals surface area (Å²) in [5, 5.41) is 14.0. The van der Waals surface area contributed by atoms with Gasteiger partial charge in [0.2, 0.25) is 21.8 Å². The first-order valence-corrected chi connectivity index (χ1v) is 23.7. The van der Waals surface area contributed by atoms with Gasteiger partial charge in [0, 0.05) is 63.2 Å². The number of nitrogens with zero attached hydrogens (tertiary/aromatic N) is 5. The molecule has 5 amide bonds. The number of ether oxygens (including phenoxy) is 2. The van der Waals surface area contributed by atoms with Crippen molar-refractivity contribution in [3.63, 3.8) is 0 Å². The highest BCUT2D eigenvalue weighted by Crippen LogP contribution is 2.32. The molecular formula is C43H48Cl5F2N9O9S. The molecule has 0 saturated heterocycles.